The minimum atomic E-state index is -0.0239. The van der Waals surface area contributed by atoms with Crippen molar-refractivity contribution >= 4 is 17.2 Å². The molecule has 0 aromatic heterocycles. The quantitative estimate of drug-likeness (QED) is 0.647. The van der Waals surface area contributed by atoms with Crippen molar-refractivity contribution in [3.8, 4) is 5.75 Å². The third kappa shape index (κ3) is 3.29. The number of hydrogen-bond acceptors (Lipinski definition) is 4. The average Bonchev–Trinajstić information content (AvgIpc) is 2.45. The lowest BCUT2D eigenvalue weighted by Crippen LogP contribution is -2.03. The van der Waals surface area contributed by atoms with E-state index in [-0.39, 0.29) is 5.78 Å². The van der Waals surface area contributed by atoms with Gasteiger partial charge in [-0.1, -0.05) is 12.1 Å². The molecule has 4 heteroatoms. The molecular formula is C16H18N2O2. The predicted molar refractivity (Wildman–Crippen MR) is 81.2 cm³/mol. The molecule has 0 unspecified atom stereocenters. The molecule has 0 atom stereocenters. The van der Waals surface area contributed by atoms with E-state index in [2.05, 4.69) is 5.32 Å². The van der Waals surface area contributed by atoms with Gasteiger partial charge in [0.2, 0.25) is 0 Å². The van der Waals surface area contributed by atoms with Crippen LogP contribution in [0.5, 0.6) is 5.75 Å². The van der Waals surface area contributed by atoms with Crippen molar-refractivity contribution in [3.63, 3.8) is 0 Å². The lowest BCUT2D eigenvalue weighted by Gasteiger charge is -2.09. The zero-order valence-electron chi connectivity index (χ0n) is 11.6. The first-order valence-electron chi connectivity index (χ1n) is 6.37. The highest BCUT2D eigenvalue weighted by atomic mass is 16.5. The summed E-state index contributed by atoms with van der Waals surface area (Å²) >= 11 is 0. The van der Waals surface area contributed by atoms with Gasteiger partial charge in [0.25, 0.3) is 0 Å². The van der Waals surface area contributed by atoms with E-state index in [0.717, 1.165) is 17.0 Å². The van der Waals surface area contributed by atoms with E-state index in [4.69, 9.17) is 10.5 Å². The third-order valence-corrected chi connectivity index (χ3v) is 3.09. The highest BCUT2D eigenvalue weighted by molar-refractivity contribution is 5.99. The first-order valence-corrected chi connectivity index (χ1v) is 6.37. The van der Waals surface area contributed by atoms with Crippen LogP contribution < -0.4 is 15.8 Å². The lowest BCUT2D eigenvalue weighted by atomic mass is 10.1. The van der Waals surface area contributed by atoms with E-state index >= 15 is 0 Å². The average molecular weight is 270 g/mol. The second-order valence-electron chi connectivity index (χ2n) is 4.56. The Hall–Kier alpha value is -2.49. The molecule has 0 amide bonds. The highest BCUT2D eigenvalue weighted by Crippen LogP contribution is 2.19. The monoisotopic (exact) mass is 270 g/mol. The van der Waals surface area contributed by atoms with Crippen LogP contribution in [0.25, 0.3) is 0 Å². The van der Waals surface area contributed by atoms with Gasteiger partial charge in [0.1, 0.15) is 5.75 Å². The molecule has 2 aromatic rings. The minimum Gasteiger partial charge on any atom is -0.497 e. The van der Waals surface area contributed by atoms with Crippen LogP contribution in [0.4, 0.5) is 11.4 Å². The Kier molecular flexibility index (Phi) is 4.25. The maximum atomic E-state index is 11.3. The predicted octanol–water partition coefficient (Wildman–Crippen LogP) is 3.09. The number of rotatable bonds is 5. The van der Waals surface area contributed by atoms with Gasteiger partial charge in [-0.3, -0.25) is 4.79 Å². The summed E-state index contributed by atoms with van der Waals surface area (Å²) in [5.74, 6) is 0.813. The molecule has 0 bridgehead atoms. The number of carbonyl (C=O) groups excluding carboxylic acids is 1. The summed E-state index contributed by atoms with van der Waals surface area (Å²) in [6.07, 6.45) is 0. The Morgan fingerprint density at radius 3 is 2.45 bits per heavy atom. The van der Waals surface area contributed by atoms with Gasteiger partial charge in [0, 0.05) is 23.5 Å². The number of benzene rings is 2. The molecular weight excluding hydrogens is 252 g/mol. The molecule has 3 N–H and O–H groups in total. The van der Waals surface area contributed by atoms with Crippen LogP contribution >= 0.6 is 0 Å². The number of nitrogen functional groups attached to an aromatic ring is 1. The summed E-state index contributed by atoms with van der Waals surface area (Å²) in [4.78, 5) is 11.3. The molecule has 0 fully saturated rings. The Morgan fingerprint density at radius 1 is 1.20 bits per heavy atom. The Labute approximate surface area is 118 Å². The number of methoxy groups -OCH3 is 1. The van der Waals surface area contributed by atoms with Crippen LogP contribution in [0.2, 0.25) is 0 Å². The summed E-state index contributed by atoms with van der Waals surface area (Å²) in [5.41, 5.74) is 8.94. The van der Waals surface area contributed by atoms with Gasteiger partial charge in [0.15, 0.2) is 5.78 Å². The van der Waals surface area contributed by atoms with E-state index in [1.165, 1.54) is 6.92 Å². The van der Waals surface area contributed by atoms with Crippen molar-refractivity contribution < 1.29 is 9.53 Å². The molecule has 4 nitrogen and oxygen atoms in total. The van der Waals surface area contributed by atoms with Gasteiger partial charge in [-0.05, 0) is 42.8 Å². The highest BCUT2D eigenvalue weighted by Gasteiger charge is 2.05. The SMILES string of the molecule is COc1ccc(CNc2ccc(C(C)=O)c(N)c2)cc1. The smallest absolute Gasteiger partial charge is 0.161 e. The van der Waals surface area contributed by atoms with E-state index in [1.807, 2.05) is 30.3 Å². The van der Waals surface area contributed by atoms with Gasteiger partial charge < -0.3 is 15.8 Å². The minimum absolute atomic E-state index is 0.0239. The number of anilines is 2. The Bertz CT molecular complexity index is 606. The van der Waals surface area contributed by atoms with Gasteiger partial charge in [-0.15, -0.1) is 0 Å². The molecule has 0 aliphatic rings. The first kappa shape index (κ1) is 13.9. The molecule has 104 valence electrons. The van der Waals surface area contributed by atoms with Crippen LogP contribution in [0, 0.1) is 0 Å². The molecule has 0 spiro atoms. The molecule has 0 heterocycles. The standard InChI is InChI=1S/C16H18N2O2/c1-11(19)15-8-5-13(9-16(15)17)18-10-12-3-6-14(20-2)7-4-12/h3-9,18H,10,17H2,1-2H3. The van der Waals surface area contributed by atoms with Crippen molar-refractivity contribution in [2.45, 2.75) is 13.5 Å². The Morgan fingerprint density at radius 2 is 1.90 bits per heavy atom. The second-order valence-corrected chi connectivity index (χ2v) is 4.56. The van der Waals surface area contributed by atoms with E-state index < -0.39 is 0 Å². The zero-order valence-corrected chi connectivity index (χ0v) is 11.6. The summed E-state index contributed by atoms with van der Waals surface area (Å²) in [5, 5.41) is 3.27. The Balaban J connectivity index is 2.03. The second kappa shape index (κ2) is 6.10. The maximum Gasteiger partial charge on any atom is 0.161 e. The fourth-order valence-electron chi connectivity index (χ4n) is 1.94. The van der Waals surface area contributed by atoms with Crippen LogP contribution in [0.1, 0.15) is 22.8 Å². The molecule has 0 saturated carbocycles. The topological polar surface area (TPSA) is 64.3 Å². The van der Waals surface area contributed by atoms with Gasteiger partial charge in [0.05, 0.1) is 7.11 Å². The van der Waals surface area contributed by atoms with Gasteiger partial charge in [-0.25, -0.2) is 0 Å². The zero-order chi connectivity index (χ0) is 14.5. The fourth-order valence-corrected chi connectivity index (χ4v) is 1.94. The lowest BCUT2D eigenvalue weighted by molar-refractivity contribution is 0.101. The summed E-state index contributed by atoms with van der Waals surface area (Å²) in [7, 11) is 1.65. The van der Waals surface area contributed by atoms with Crippen molar-refractivity contribution in [1.82, 2.24) is 0 Å². The molecule has 0 radical (unpaired) electrons. The number of nitrogens with two attached hydrogens (primary N) is 1. The van der Waals surface area contributed by atoms with Crippen LogP contribution in [0.3, 0.4) is 0 Å². The van der Waals surface area contributed by atoms with Crippen molar-refractivity contribution in [1.29, 1.82) is 0 Å². The number of ketones is 1. The molecule has 2 aromatic carbocycles. The number of Topliss-reactive ketones (excluding diaryl/α,β-unsaturated/α-hetero) is 1. The van der Waals surface area contributed by atoms with Crippen molar-refractivity contribution in [2.75, 3.05) is 18.2 Å². The van der Waals surface area contributed by atoms with Crippen molar-refractivity contribution in [3.05, 3.63) is 53.6 Å². The van der Waals surface area contributed by atoms with E-state index in [1.54, 1.807) is 19.2 Å². The molecule has 0 saturated heterocycles. The fraction of sp³-hybridized carbons (Fsp3) is 0.188. The number of hydrogen-bond donors (Lipinski definition) is 2. The van der Waals surface area contributed by atoms with Crippen LogP contribution in [-0.4, -0.2) is 12.9 Å². The van der Waals surface area contributed by atoms with E-state index in [0.29, 0.717) is 17.8 Å². The normalized spacial score (nSPS) is 10.1. The summed E-state index contributed by atoms with van der Waals surface area (Å²) in [6, 6.07) is 13.2. The molecule has 0 aliphatic carbocycles. The first-order chi connectivity index (χ1) is 9.60. The summed E-state index contributed by atoms with van der Waals surface area (Å²) < 4.78 is 5.11. The van der Waals surface area contributed by atoms with E-state index in [9.17, 15) is 4.79 Å². The summed E-state index contributed by atoms with van der Waals surface area (Å²) in [6.45, 7) is 2.19. The molecule has 2 rings (SSSR count). The van der Waals surface area contributed by atoms with Crippen molar-refractivity contribution in [2.24, 2.45) is 0 Å². The van der Waals surface area contributed by atoms with Gasteiger partial charge in [-0.2, -0.15) is 0 Å². The molecule has 20 heavy (non-hydrogen) atoms. The molecule has 0 aliphatic heterocycles. The number of carbonyl (C=O) groups is 1. The van der Waals surface area contributed by atoms with Crippen LogP contribution in [-0.2, 0) is 6.54 Å². The third-order valence-electron chi connectivity index (χ3n) is 3.09. The van der Waals surface area contributed by atoms with Crippen LogP contribution in [0.15, 0.2) is 42.5 Å². The largest absolute Gasteiger partial charge is 0.497 e. The maximum absolute atomic E-state index is 11.3. The van der Waals surface area contributed by atoms with Gasteiger partial charge >= 0.3 is 0 Å². The number of ether oxygens (including phenoxy) is 1. The number of nitrogens with one attached hydrogen (secondary N) is 1.